The van der Waals surface area contributed by atoms with Gasteiger partial charge in [-0.2, -0.15) is 9.97 Å². The quantitative estimate of drug-likeness (QED) is 0.0792. The smallest absolute Gasteiger partial charge is 0.359 e. The molecule has 0 aliphatic heterocycles. The molecule has 0 radical (unpaired) electrons. The van der Waals surface area contributed by atoms with E-state index in [-0.39, 0.29) is 78.5 Å². The number of esters is 1. The van der Waals surface area contributed by atoms with E-state index in [9.17, 15) is 19.2 Å². The average molecular weight is 718 g/mol. The fourth-order valence-electron chi connectivity index (χ4n) is 5.06. The lowest BCUT2D eigenvalue weighted by molar-refractivity contribution is 0.0521. The van der Waals surface area contributed by atoms with Crippen molar-refractivity contribution in [2.75, 3.05) is 57.8 Å². The molecule has 2 aromatic carbocycles. The van der Waals surface area contributed by atoms with Gasteiger partial charge < -0.3 is 50.8 Å². The predicted molar refractivity (Wildman–Crippen MR) is 188 cm³/mol. The van der Waals surface area contributed by atoms with Gasteiger partial charge >= 0.3 is 17.3 Å². The van der Waals surface area contributed by atoms with Crippen LogP contribution in [0.5, 0.6) is 11.5 Å². The molecule has 1 amide bonds. The number of rotatable bonds is 13. The van der Waals surface area contributed by atoms with Crippen molar-refractivity contribution in [2.24, 2.45) is 5.73 Å². The Hall–Kier alpha value is -6.80. The van der Waals surface area contributed by atoms with Crippen LogP contribution in [0.2, 0.25) is 0 Å². The van der Waals surface area contributed by atoms with Gasteiger partial charge in [-0.15, -0.1) is 0 Å². The van der Waals surface area contributed by atoms with Gasteiger partial charge in [-0.1, -0.05) is 24.3 Å². The lowest BCUT2D eigenvalue weighted by atomic mass is 10.3. The summed E-state index contributed by atoms with van der Waals surface area (Å²) in [6.07, 6.45) is 0. The highest BCUT2D eigenvalue weighted by atomic mass is 16.5. The molecular weight excluding hydrogens is 682 g/mol. The average Bonchev–Trinajstić information content (AvgIpc) is 3.66. The number of para-hydroxylation sites is 4. The number of aliphatic hydroxyl groups is 2. The van der Waals surface area contributed by atoms with Crippen LogP contribution >= 0.6 is 0 Å². The molecule has 0 aliphatic rings. The number of aromatic amines is 2. The highest BCUT2D eigenvalue weighted by Crippen LogP contribution is 2.26. The van der Waals surface area contributed by atoms with Crippen molar-refractivity contribution in [1.29, 1.82) is 0 Å². The SMILES string of the molecule is CCOC(=O)c1nc(NCCO)nc2c1[nH]c(=O)n2-c1ccccc1OC.COc1ccccc1-n1c(=O)[nH]c2c(C(N)=O)nc(NCCO)nc21. The van der Waals surface area contributed by atoms with Crippen LogP contribution in [0.15, 0.2) is 58.1 Å². The number of nitrogens with zero attached hydrogens (tertiary/aromatic N) is 6. The minimum Gasteiger partial charge on any atom is -0.495 e. The van der Waals surface area contributed by atoms with E-state index in [4.69, 9.17) is 30.2 Å². The number of anilines is 2. The summed E-state index contributed by atoms with van der Waals surface area (Å²) in [6.45, 7) is 1.87. The Morgan fingerprint density at radius 3 is 1.62 bits per heavy atom. The molecule has 20 heteroatoms. The summed E-state index contributed by atoms with van der Waals surface area (Å²) in [5.74, 6) is -0.435. The second-order valence-corrected chi connectivity index (χ2v) is 10.4. The maximum absolute atomic E-state index is 12.6. The summed E-state index contributed by atoms with van der Waals surface area (Å²) < 4.78 is 18.2. The van der Waals surface area contributed by atoms with Gasteiger partial charge in [0.1, 0.15) is 22.5 Å². The summed E-state index contributed by atoms with van der Waals surface area (Å²) in [5, 5.41) is 23.5. The highest BCUT2D eigenvalue weighted by molar-refractivity contribution is 6.02. The lowest BCUT2D eigenvalue weighted by Gasteiger charge is -2.10. The Morgan fingerprint density at radius 1 is 0.750 bits per heavy atom. The maximum atomic E-state index is 12.6. The summed E-state index contributed by atoms with van der Waals surface area (Å²) in [7, 11) is 2.97. The molecule has 0 unspecified atom stereocenters. The number of hydrogen-bond acceptors (Lipinski definition) is 15. The molecule has 8 N–H and O–H groups in total. The molecule has 0 fully saturated rings. The standard InChI is InChI=1S/C17H19N5O5.C15H16N6O4/c1-3-27-15(24)13-12-14(21-16(19-13)18-8-9-23)22(17(25)20-12)10-6-4-5-7-11(10)26-2;1-25-9-5-3-2-4-8(9)21-13-11(19-15(21)24)10(12(16)23)18-14(20-13)17-6-7-22/h4-7,23H,3,8-9H2,1-2H3,(H,20,25)(H,18,19,21);2-5,22H,6-7H2,1H3,(H2,16,23)(H,19,24)(H,17,18,20). The van der Waals surface area contributed by atoms with Crippen LogP contribution in [-0.4, -0.2) is 108 Å². The fraction of sp³-hybridized carbons (Fsp3) is 0.250. The number of carbonyl (C=O) groups excluding carboxylic acids is 2. The van der Waals surface area contributed by atoms with E-state index >= 15 is 0 Å². The number of fused-ring (bicyclic) bond motifs is 2. The maximum Gasteiger partial charge on any atom is 0.359 e. The van der Waals surface area contributed by atoms with Crippen LogP contribution in [0, 0.1) is 0 Å². The number of imidazole rings is 2. The van der Waals surface area contributed by atoms with Crippen molar-refractivity contribution in [1.82, 2.24) is 39.0 Å². The van der Waals surface area contributed by atoms with Crippen LogP contribution in [0.4, 0.5) is 11.9 Å². The molecule has 6 aromatic rings. The Morgan fingerprint density at radius 2 is 1.19 bits per heavy atom. The van der Waals surface area contributed by atoms with Crippen molar-refractivity contribution in [3.05, 3.63) is 80.9 Å². The first-order valence-electron chi connectivity index (χ1n) is 15.7. The largest absolute Gasteiger partial charge is 0.495 e. The molecule has 4 heterocycles. The minimum absolute atomic E-state index is 0.0676. The van der Waals surface area contributed by atoms with E-state index in [1.807, 2.05) is 0 Å². The Kier molecular flexibility index (Phi) is 11.4. The number of primary amides is 1. The number of carbonyl (C=O) groups is 2. The number of aromatic nitrogens is 8. The van der Waals surface area contributed by atoms with E-state index in [1.165, 1.54) is 23.4 Å². The predicted octanol–water partition coefficient (Wildman–Crippen LogP) is 0.319. The summed E-state index contributed by atoms with van der Waals surface area (Å²) in [5.41, 5.74) is 5.67. The van der Waals surface area contributed by atoms with Crippen molar-refractivity contribution < 1.29 is 34.0 Å². The van der Waals surface area contributed by atoms with Gasteiger partial charge in [-0.25, -0.2) is 33.5 Å². The highest BCUT2D eigenvalue weighted by Gasteiger charge is 2.24. The number of aliphatic hydroxyl groups excluding tert-OH is 2. The molecule has 52 heavy (non-hydrogen) atoms. The first-order chi connectivity index (χ1) is 25.2. The van der Waals surface area contributed by atoms with E-state index in [1.54, 1.807) is 55.5 Å². The Balaban J connectivity index is 0.000000202. The molecule has 0 saturated carbocycles. The third-order valence-corrected chi connectivity index (χ3v) is 7.22. The molecule has 0 spiro atoms. The van der Waals surface area contributed by atoms with Crippen molar-refractivity contribution in [2.45, 2.75) is 6.92 Å². The second-order valence-electron chi connectivity index (χ2n) is 10.4. The number of nitrogens with one attached hydrogen (secondary N) is 4. The number of ether oxygens (including phenoxy) is 3. The van der Waals surface area contributed by atoms with Gasteiger partial charge in [-0.05, 0) is 31.2 Å². The van der Waals surface area contributed by atoms with Gasteiger partial charge in [0, 0.05) is 13.1 Å². The number of amides is 1. The zero-order valence-electron chi connectivity index (χ0n) is 28.2. The van der Waals surface area contributed by atoms with Gasteiger partial charge in [0.05, 0.1) is 45.4 Å². The third kappa shape index (κ3) is 7.37. The molecule has 0 aliphatic carbocycles. The molecule has 0 saturated heterocycles. The lowest BCUT2D eigenvalue weighted by Crippen LogP contribution is -2.17. The first kappa shape index (κ1) is 36.5. The molecule has 6 rings (SSSR count). The zero-order valence-corrected chi connectivity index (χ0v) is 28.2. The van der Waals surface area contributed by atoms with E-state index in [0.717, 1.165) is 0 Å². The fourth-order valence-corrected chi connectivity index (χ4v) is 5.06. The van der Waals surface area contributed by atoms with Gasteiger partial charge in [0.2, 0.25) is 11.9 Å². The second kappa shape index (κ2) is 16.3. The molecule has 0 atom stereocenters. The zero-order chi connectivity index (χ0) is 37.4. The van der Waals surface area contributed by atoms with E-state index < -0.39 is 23.3 Å². The number of nitrogens with two attached hydrogens (primary N) is 1. The number of benzene rings is 2. The molecule has 20 nitrogen and oxygen atoms in total. The molecule has 272 valence electrons. The first-order valence-corrected chi connectivity index (χ1v) is 15.7. The van der Waals surface area contributed by atoms with E-state index in [2.05, 4.69) is 40.5 Å². The van der Waals surface area contributed by atoms with Crippen LogP contribution in [0.25, 0.3) is 33.7 Å². The van der Waals surface area contributed by atoms with Crippen molar-refractivity contribution in [3.63, 3.8) is 0 Å². The van der Waals surface area contributed by atoms with Gasteiger partial charge in [-0.3, -0.25) is 4.79 Å². The normalized spacial score (nSPS) is 10.8. The summed E-state index contributed by atoms with van der Waals surface area (Å²) in [6, 6.07) is 13.8. The molecule has 0 bridgehead atoms. The number of hydrogen-bond donors (Lipinski definition) is 7. The van der Waals surface area contributed by atoms with Crippen LogP contribution in [-0.2, 0) is 4.74 Å². The topological polar surface area (TPSA) is 280 Å². The number of methoxy groups -OCH3 is 2. The number of H-pyrrole nitrogens is 2. The summed E-state index contributed by atoms with van der Waals surface area (Å²) >= 11 is 0. The molecule has 4 aromatic heterocycles. The Labute approximate surface area is 293 Å². The third-order valence-electron chi connectivity index (χ3n) is 7.22. The van der Waals surface area contributed by atoms with Crippen LogP contribution in [0.3, 0.4) is 0 Å². The van der Waals surface area contributed by atoms with Crippen LogP contribution < -0.4 is 37.2 Å². The Bertz CT molecular complexity index is 2350. The van der Waals surface area contributed by atoms with Gasteiger partial charge in [0.25, 0.3) is 5.91 Å². The van der Waals surface area contributed by atoms with Crippen molar-refractivity contribution in [3.8, 4) is 22.9 Å². The van der Waals surface area contributed by atoms with Crippen LogP contribution in [0.1, 0.15) is 27.9 Å². The monoisotopic (exact) mass is 717 g/mol. The van der Waals surface area contributed by atoms with E-state index in [0.29, 0.717) is 22.9 Å². The van der Waals surface area contributed by atoms with Gasteiger partial charge in [0.15, 0.2) is 22.7 Å². The molecular formula is C32H35N11O9. The summed E-state index contributed by atoms with van der Waals surface area (Å²) in [4.78, 5) is 71.0. The van der Waals surface area contributed by atoms with Crippen molar-refractivity contribution >= 4 is 46.1 Å². The minimum atomic E-state index is -0.812.